The first kappa shape index (κ1) is 9.15. The van der Waals surface area contributed by atoms with Crippen molar-refractivity contribution < 1.29 is 10.2 Å². The molecule has 5 nitrogen and oxygen atoms in total. The maximum Gasteiger partial charge on any atom is 0.158 e. The van der Waals surface area contributed by atoms with Crippen molar-refractivity contribution in [3.63, 3.8) is 0 Å². The van der Waals surface area contributed by atoms with Gasteiger partial charge in [-0.05, 0) is 13.8 Å². The van der Waals surface area contributed by atoms with Crippen LogP contribution in [0.5, 0.6) is 0 Å². The Kier molecular flexibility index (Phi) is 2.78. The lowest BCUT2D eigenvalue weighted by Gasteiger charge is -2.11. The van der Waals surface area contributed by atoms with Crippen LogP contribution in [0.1, 0.15) is 31.8 Å². The fourth-order valence-corrected chi connectivity index (χ4v) is 0.977. The third-order valence-corrected chi connectivity index (χ3v) is 1.56. The molecule has 0 aliphatic heterocycles. The van der Waals surface area contributed by atoms with Crippen LogP contribution in [0.25, 0.3) is 0 Å². The first-order valence-electron chi connectivity index (χ1n) is 3.85. The fourth-order valence-electron chi connectivity index (χ4n) is 0.977. The monoisotopic (exact) mass is 171 g/mol. The molecule has 1 heterocycles. The summed E-state index contributed by atoms with van der Waals surface area (Å²) in [6.07, 6.45) is 0.434. The molecular formula is C7H13N3O2. The van der Waals surface area contributed by atoms with Crippen molar-refractivity contribution in [2.24, 2.45) is 0 Å². The summed E-state index contributed by atoms with van der Waals surface area (Å²) in [5, 5.41) is 21.9. The highest BCUT2D eigenvalue weighted by molar-refractivity contribution is 4.91. The highest BCUT2D eigenvalue weighted by Crippen LogP contribution is 2.12. The molecule has 12 heavy (non-hydrogen) atoms. The van der Waals surface area contributed by atoms with Crippen LogP contribution in [0, 0.1) is 0 Å². The zero-order valence-electron chi connectivity index (χ0n) is 7.18. The van der Waals surface area contributed by atoms with Crippen LogP contribution in [0.4, 0.5) is 0 Å². The molecule has 1 aromatic rings. The van der Waals surface area contributed by atoms with Gasteiger partial charge in [-0.1, -0.05) is 0 Å². The molecule has 1 atom stereocenters. The molecule has 0 radical (unpaired) electrons. The minimum Gasteiger partial charge on any atom is -0.393 e. The van der Waals surface area contributed by atoms with Gasteiger partial charge < -0.3 is 10.2 Å². The van der Waals surface area contributed by atoms with Crippen molar-refractivity contribution in [1.82, 2.24) is 14.8 Å². The van der Waals surface area contributed by atoms with E-state index in [4.69, 9.17) is 5.11 Å². The van der Waals surface area contributed by atoms with E-state index in [9.17, 15) is 5.11 Å². The van der Waals surface area contributed by atoms with Crippen LogP contribution in [-0.2, 0) is 0 Å². The molecule has 0 aliphatic rings. The van der Waals surface area contributed by atoms with Gasteiger partial charge in [-0.15, -0.1) is 0 Å². The standard InChI is InChI=1S/C7H13N3O2/c1-5(2)10-7(6(12)3-11)8-4-9-10/h4-6,11-12H,3H2,1-2H3. The van der Waals surface area contributed by atoms with E-state index < -0.39 is 6.10 Å². The topological polar surface area (TPSA) is 71.2 Å². The summed E-state index contributed by atoms with van der Waals surface area (Å²) in [4.78, 5) is 3.85. The molecular weight excluding hydrogens is 158 g/mol. The molecule has 1 rings (SSSR count). The van der Waals surface area contributed by atoms with Crippen LogP contribution < -0.4 is 0 Å². The third kappa shape index (κ3) is 1.62. The van der Waals surface area contributed by atoms with Crippen molar-refractivity contribution in [2.45, 2.75) is 26.0 Å². The second kappa shape index (κ2) is 3.64. The van der Waals surface area contributed by atoms with Crippen LogP contribution in [-0.4, -0.2) is 31.6 Å². The molecule has 0 fully saturated rings. The molecule has 2 N–H and O–H groups in total. The molecule has 0 aromatic carbocycles. The van der Waals surface area contributed by atoms with Crippen molar-refractivity contribution in [3.05, 3.63) is 12.2 Å². The lowest BCUT2D eigenvalue weighted by atomic mass is 10.3. The van der Waals surface area contributed by atoms with Crippen molar-refractivity contribution in [2.75, 3.05) is 6.61 Å². The van der Waals surface area contributed by atoms with E-state index in [1.807, 2.05) is 13.8 Å². The van der Waals surface area contributed by atoms with E-state index in [0.717, 1.165) is 0 Å². The van der Waals surface area contributed by atoms with Crippen molar-refractivity contribution in [1.29, 1.82) is 0 Å². The van der Waals surface area contributed by atoms with Gasteiger partial charge in [0.25, 0.3) is 0 Å². The Labute approximate surface area is 70.7 Å². The van der Waals surface area contributed by atoms with Crippen molar-refractivity contribution in [3.8, 4) is 0 Å². The van der Waals surface area contributed by atoms with E-state index in [1.54, 1.807) is 4.68 Å². The van der Waals surface area contributed by atoms with Gasteiger partial charge in [0.2, 0.25) is 0 Å². The summed E-state index contributed by atoms with van der Waals surface area (Å²) in [5.41, 5.74) is 0. The number of aromatic nitrogens is 3. The lowest BCUT2D eigenvalue weighted by molar-refractivity contribution is 0.0835. The number of nitrogens with zero attached hydrogens (tertiary/aromatic N) is 3. The minimum absolute atomic E-state index is 0.142. The summed E-state index contributed by atoms with van der Waals surface area (Å²) in [7, 11) is 0. The summed E-state index contributed by atoms with van der Waals surface area (Å²) >= 11 is 0. The SMILES string of the molecule is CC(C)n1ncnc1C(O)CO. The van der Waals surface area contributed by atoms with Crippen LogP contribution in [0.3, 0.4) is 0 Å². The van der Waals surface area contributed by atoms with E-state index in [1.165, 1.54) is 6.33 Å². The maximum absolute atomic E-state index is 9.27. The van der Waals surface area contributed by atoms with Gasteiger partial charge in [-0.2, -0.15) is 5.10 Å². The predicted octanol–water partition coefficient (Wildman–Crippen LogP) is -0.115. The molecule has 0 amide bonds. The summed E-state index contributed by atoms with van der Waals surface area (Å²) in [5.74, 6) is 0.410. The van der Waals surface area contributed by atoms with Gasteiger partial charge in [0.05, 0.1) is 6.61 Å². The number of aliphatic hydroxyl groups is 2. The molecule has 0 aliphatic carbocycles. The van der Waals surface area contributed by atoms with Gasteiger partial charge in [-0.3, -0.25) is 0 Å². The number of hydrogen-bond donors (Lipinski definition) is 2. The number of rotatable bonds is 3. The van der Waals surface area contributed by atoms with Gasteiger partial charge in [0, 0.05) is 6.04 Å². The fraction of sp³-hybridized carbons (Fsp3) is 0.714. The Morgan fingerprint density at radius 1 is 1.58 bits per heavy atom. The molecule has 5 heteroatoms. The number of hydrogen-bond acceptors (Lipinski definition) is 4. The Balaban J connectivity index is 2.91. The van der Waals surface area contributed by atoms with Crippen LogP contribution in [0.2, 0.25) is 0 Å². The third-order valence-electron chi connectivity index (χ3n) is 1.56. The molecule has 1 aromatic heterocycles. The molecule has 68 valence electrons. The van der Waals surface area contributed by atoms with E-state index >= 15 is 0 Å². The van der Waals surface area contributed by atoms with Crippen LogP contribution >= 0.6 is 0 Å². The first-order chi connectivity index (χ1) is 5.66. The van der Waals surface area contributed by atoms with E-state index in [0.29, 0.717) is 5.82 Å². The maximum atomic E-state index is 9.27. The molecule has 0 saturated heterocycles. The van der Waals surface area contributed by atoms with E-state index in [2.05, 4.69) is 10.1 Å². The predicted molar refractivity (Wildman–Crippen MR) is 42.5 cm³/mol. The Hall–Kier alpha value is -0.940. The Morgan fingerprint density at radius 2 is 2.25 bits per heavy atom. The van der Waals surface area contributed by atoms with Gasteiger partial charge in [0.15, 0.2) is 5.82 Å². The Bertz CT molecular complexity index is 247. The first-order valence-corrected chi connectivity index (χ1v) is 3.85. The average Bonchev–Trinajstić information content (AvgIpc) is 2.50. The quantitative estimate of drug-likeness (QED) is 0.665. The zero-order chi connectivity index (χ0) is 9.14. The molecule has 1 unspecified atom stereocenters. The second-order valence-corrected chi connectivity index (χ2v) is 2.85. The second-order valence-electron chi connectivity index (χ2n) is 2.85. The summed E-state index contributed by atoms with van der Waals surface area (Å²) in [6.45, 7) is 3.54. The highest BCUT2D eigenvalue weighted by atomic mass is 16.3. The van der Waals surface area contributed by atoms with Crippen molar-refractivity contribution >= 4 is 0 Å². The summed E-state index contributed by atoms with van der Waals surface area (Å²) < 4.78 is 1.58. The van der Waals surface area contributed by atoms with Gasteiger partial charge >= 0.3 is 0 Å². The number of aliphatic hydroxyl groups excluding tert-OH is 2. The largest absolute Gasteiger partial charge is 0.393 e. The van der Waals surface area contributed by atoms with Gasteiger partial charge in [-0.25, -0.2) is 9.67 Å². The molecule has 0 saturated carbocycles. The normalized spacial score (nSPS) is 13.8. The summed E-state index contributed by atoms with van der Waals surface area (Å²) in [6, 6.07) is 0.142. The molecule has 0 bridgehead atoms. The van der Waals surface area contributed by atoms with E-state index in [-0.39, 0.29) is 12.6 Å². The average molecular weight is 171 g/mol. The highest BCUT2D eigenvalue weighted by Gasteiger charge is 2.14. The zero-order valence-corrected chi connectivity index (χ0v) is 7.18. The lowest BCUT2D eigenvalue weighted by Crippen LogP contribution is -2.14. The molecule has 0 spiro atoms. The van der Waals surface area contributed by atoms with Gasteiger partial charge in [0.1, 0.15) is 12.4 Å². The Morgan fingerprint density at radius 3 is 2.75 bits per heavy atom. The van der Waals surface area contributed by atoms with Crippen LogP contribution in [0.15, 0.2) is 6.33 Å². The smallest absolute Gasteiger partial charge is 0.158 e. The minimum atomic E-state index is -0.935.